The van der Waals surface area contributed by atoms with Crippen molar-refractivity contribution in [2.45, 2.75) is 0 Å². The molecule has 1 saturated heterocycles. The Morgan fingerprint density at radius 3 is 2.19 bits per heavy atom. The van der Waals surface area contributed by atoms with E-state index in [0.29, 0.717) is 5.47 Å². The van der Waals surface area contributed by atoms with E-state index in [1.807, 2.05) is 24.3 Å². The maximum Gasteiger partial charge on any atom is 0.636 e. The second-order valence-corrected chi connectivity index (χ2v) is 4.84. The zero-order valence-corrected chi connectivity index (χ0v) is 11.9. The average molecular weight is 285 g/mol. The molecule has 1 aliphatic heterocycles. The van der Waals surface area contributed by atoms with Crippen molar-refractivity contribution in [2.24, 2.45) is 0 Å². The van der Waals surface area contributed by atoms with Gasteiger partial charge in [-0.05, 0) is 18.2 Å². The van der Waals surface area contributed by atoms with E-state index in [1.54, 1.807) is 13.1 Å². The predicted molar refractivity (Wildman–Crippen MR) is 81.0 cm³/mol. The first-order chi connectivity index (χ1) is 9.99. The van der Waals surface area contributed by atoms with Crippen LogP contribution in [0.4, 0.5) is 0 Å². The molecule has 108 valence electrons. The average Bonchev–Trinajstić information content (AvgIpc) is 2.44. The van der Waals surface area contributed by atoms with Crippen LogP contribution in [0.15, 0.2) is 37.4 Å². The summed E-state index contributed by atoms with van der Waals surface area (Å²) >= 11 is 0. The molecule has 6 heteroatoms. The molecule has 0 N–H and O–H groups in total. The van der Waals surface area contributed by atoms with E-state index in [-0.39, 0.29) is 13.1 Å². The summed E-state index contributed by atoms with van der Waals surface area (Å²) in [5.74, 6) is -0.919. The van der Waals surface area contributed by atoms with Crippen LogP contribution >= 0.6 is 0 Å². The molecule has 0 radical (unpaired) electrons. The van der Waals surface area contributed by atoms with Crippen LogP contribution in [0, 0.1) is 0 Å². The van der Waals surface area contributed by atoms with Crippen LogP contribution in [0.5, 0.6) is 0 Å². The molecule has 5 nitrogen and oxygen atoms in total. The van der Waals surface area contributed by atoms with Crippen LogP contribution in [0.2, 0.25) is 0 Å². The fourth-order valence-corrected chi connectivity index (χ4v) is 1.95. The minimum Gasteiger partial charge on any atom is -0.494 e. The van der Waals surface area contributed by atoms with Crippen molar-refractivity contribution in [3.05, 3.63) is 48.6 Å². The molecule has 1 aromatic carbocycles. The van der Waals surface area contributed by atoms with E-state index in [2.05, 4.69) is 13.2 Å². The molecule has 1 heterocycles. The Hall–Kier alpha value is -2.34. The summed E-state index contributed by atoms with van der Waals surface area (Å²) in [6.45, 7) is 7.62. The molecule has 0 bridgehead atoms. The van der Waals surface area contributed by atoms with Gasteiger partial charge in [-0.25, -0.2) is 0 Å². The lowest BCUT2D eigenvalue weighted by Crippen LogP contribution is -2.42. The topological polar surface area (TPSA) is 55.8 Å². The minimum atomic E-state index is -1.09. The van der Waals surface area contributed by atoms with Gasteiger partial charge in [-0.15, -0.1) is 0 Å². The van der Waals surface area contributed by atoms with Crippen LogP contribution in [0.1, 0.15) is 11.1 Å². The lowest BCUT2D eigenvalue weighted by molar-refractivity contribution is -0.145. The smallest absolute Gasteiger partial charge is 0.494 e. The lowest BCUT2D eigenvalue weighted by atomic mass is 9.74. The molecule has 0 saturated carbocycles. The van der Waals surface area contributed by atoms with Crippen molar-refractivity contribution in [1.82, 2.24) is 4.90 Å². The molecule has 0 aromatic heterocycles. The van der Waals surface area contributed by atoms with E-state index < -0.39 is 19.1 Å². The number of hydrogen-bond acceptors (Lipinski definition) is 5. The minimum absolute atomic E-state index is 0.0360. The highest BCUT2D eigenvalue weighted by molar-refractivity contribution is 6.70. The van der Waals surface area contributed by atoms with Crippen molar-refractivity contribution in [3.8, 4) is 0 Å². The maximum atomic E-state index is 11.7. The summed E-state index contributed by atoms with van der Waals surface area (Å²) in [6.07, 6.45) is 1.72. The van der Waals surface area contributed by atoms with Gasteiger partial charge in [0.1, 0.15) is 0 Å². The number of carbonyl (C=O) groups is 2. The molecular weight excluding hydrogens is 269 g/mol. The van der Waals surface area contributed by atoms with Gasteiger partial charge in [0, 0.05) is 5.47 Å². The Bertz CT molecular complexity index is 562. The van der Waals surface area contributed by atoms with Crippen LogP contribution < -0.4 is 0 Å². The van der Waals surface area contributed by atoms with Crippen molar-refractivity contribution >= 4 is 30.6 Å². The number of hydrogen-bond donors (Lipinski definition) is 0. The molecule has 0 unspecified atom stereocenters. The summed E-state index contributed by atoms with van der Waals surface area (Å²) < 4.78 is 10.3. The van der Waals surface area contributed by atoms with Gasteiger partial charge in [-0.1, -0.05) is 43.5 Å². The van der Waals surface area contributed by atoms with E-state index in [9.17, 15) is 9.59 Å². The second kappa shape index (κ2) is 6.41. The van der Waals surface area contributed by atoms with Gasteiger partial charge in [-0.2, -0.15) is 0 Å². The molecule has 0 spiro atoms. The Morgan fingerprint density at radius 1 is 1.19 bits per heavy atom. The molecule has 0 aliphatic carbocycles. The van der Waals surface area contributed by atoms with Gasteiger partial charge in [0.25, 0.3) is 0 Å². The number of benzene rings is 1. The van der Waals surface area contributed by atoms with E-state index >= 15 is 0 Å². The normalized spacial score (nSPS) is 16.5. The first-order valence-corrected chi connectivity index (χ1v) is 6.49. The fourth-order valence-electron chi connectivity index (χ4n) is 1.95. The Labute approximate surface area is 124 Å². The summed E-state index contributed by atoms with van der Waals surface area (Å²) in [6, 6.07) is 7.33. The molecule has 21 heavy (non-hydrogen) atoms. The first-order valence-electron chi connectivity index (χ1n) is 6.49. The third-order valence-corrected chi connectivity index (χ3v) is 3.08. The van der Waals surface area contributed by atoms with Crippen LogP contribution in [0.3, 0.4) is 0 Å². The van der Waals surface area contributed by atoms with E-state index in [0.717, 1.165) is 11.1 Å². The monoisotopic (exact) mass is 285 g/mol. The van der Waals surface area contributed by atoms with Crippen LogP contribution in [-0.2, 0) is 18.9 Å². The Balaban J connectivity index is 2.17. The highest BCUT2D eigenvalue weighted by atomic mass is 16.6. The number of nitrogens with zero attached hydrogens (tertiary/aromatic N) is 1. The van der Waals surface area contributed by atoms with Crippen molar-refractivity contribution in [3.63, 3.8) is 0 Å². The third-order valence-electron chi connectivity index (χ3n) is 3.08. The van der Waals surface area contributed by atoms with Crippen LogP contribution in [-0.4, -0.2) is 44.1 Å². The number of rotatable bonds is 3. The summed E-state index contributed by atoms with van der Waals surface area (Å²) in [5, 5.41) is 0. The zero-order valence-electron chi connectivity index (χ0n) is 11.9. The lowest BCUT2D eigenvalue weighted by Gasteiger charge is -2.23. The highest BCUT2D eigenvalue weighted by Gasteiger charge is 2.35. The highest BCUT2D eigenvalue weighted by Crippen LogP contribution is 2.19. The van der Waals surface area contributed by atoms with E-state index in [1.165, 1.54) is 4.90 Å². The SMILES string of the molecule is C=Cc1ccc(C(=C)B2OC(=O)CN(C)CC(=O)O2)cc1. The van der Waals surface area contributed by atoms with Gasteiger partial charge < -0.3 is 9.31 Å². The quantitative estimate of drug-likeness (QED) is 0.786. The van der Waals surface area contributed by atoms with Crippen molar-refractivity contribution in [1.29, 1.82) is 0 Å². The summed E-state index contributed by atoms with van der Waals surface area (Å²) in [4.78, 5) is 24.9. The summed E-state index contributed by atoms with van der Waals surface area (Å²) in [7, 11) is 0.555. The van der Waals surface area contributed by atoms with Gasteiger partial charge in [0.15, 0.2) is 0 Å². The van der Waals surface area contributed by atoms with Gasteiger partial charge >= 0.3 is 19.1 Å². The Morgan fingerprint density at radius 2 is 1.71 bits per heavy atom. The maximum absolute atomic E-state index is 11.7. The molecule has 1 aromatic rings. The van der Waals surface area contributed by atoms with Gasteiger partial charge in [0.05, 0.1) is 13.1 Å². The largest absolute Gasteiger partial charge is 0.636 e. The van der Waals surface area contributed by atoms with Crippen LogP contribution in [0.25, 0.3) is 11.5 Å². The predicted octanol–water partition coefficient (Wildman–Crippen LogP) is 1.40. The van der Waals surface area contributed by atoms with Gasteiger partial charge in [0.2, 0.25) is 0 Å². The summed E-state index contributed by atoms with van der Waals surface area (Å²) in [5.41, 5.74) is 2.12. The van der Waals surface area contributed by atoms with Gasteiger partial charge in [-0.3, -0.25) is 14.5 Å². The molecule has 1 aliphatic rings. The molecule has 0 atom stereocenters. The fraction of sp³-hybridized carbons (Fsp3) is 0.200. The second-order valence-electron chi connectivity index (χ2n) is 4.84. The standard InChI is InChI=1S/C15H16BNO4/c1-4-12-5-7-13(8-6-12)11(2)16-20-14(18)9-17(3)10-15(19)21-16/h4-8H,1-2,9-10H2,3H3. The number of likely N-dealkylation sites (N-methyl/N-ethyl adjacent to an activating group) is 1. The molecule has 2 rings (SSSR count). The molecule has 0 amide bonds. The first kappa shape index (κ1) is 15.1. The Kier molecular flexibility index (Phi) is 4.60. The van der Waals surface area contributed by atoms with Crippen molar-refractivity contribution in [2.75, 3.05) is 20.1 Å². The number of carbonyl (C=O) groups excluding carboxylic acids is 2. The van der Waals surface area contributed by atoms with E-state index in [4.69, 9.17) is 9.31 Å². The third kappa shape index (κ3) is 3.82. The molecule has 1 fully saturated rings. The van der Waals surface area contributed by atoms with Crippen molar-refractivity contribution < 1.29 is 18.9 Å². The zero-order chi connectivity index (χ0) is 15.4. The molecular formula is C15H16BNO4.